The smallest absolute Gasteiger partial charge is 0.264 e. The van der Waals surface area contributed by atoms with Gasteiger partial charge >= 0.3 is 0 Å². The van der Waals surface area contributed by atoms with E-state index in [1.807, 2.05) is 24.9 Å². The van der Waals surface area contributed by atoms with Gasteiger partial charge in [0.2, 0.25) is 0 Å². The predicted molar refractivity (Wildman–Crippen MR) is 113 cm³/mol. The van der Waals surface area contributed by atoms with E-state index in [2.05, 4.69) is 10.4 Å². The van der Waals surface area contributed by atoms with E-state index in [0.717, 1.165) is 59.0 Å². The molecule has 1 atom stereocenters. The van der Waals surface area contributed by atoms with Crippen molar-refractivity contribution >= 4 is 39.9 Å². The maximum Gasteiger partial charge on any atom is 0.264 e. The maximum atomic E-state index is 13.2. The fourth-order valence-corrected chi connectivity index (χ4v) is 4.92. The lowest BCUT2D eigenvalue weighted by molar-refractivity contribution is 0.0679. The summed E-state index contributed by atoms with van der Waals surface area (Å²) < 4.78 is 15.0. The molecule has 1 aliphatic heterocycles. The standard InChI is InChI=1S/C20H23FN4OS.ClH/c1-13-17-10-18(19(26)24-9-3-4-14(12-24)11-22-2)27-20(17)25(23-13)16-7-5-15(21)6-8-16;/h5-8,10,14,22H,3-4,9,11-12H2,1-2H3;1H. The van der Waals surface area contributed by atoms with Gasteiger partial charge in [-0.05, 0) is 69.6 Å². The molecule has 1 N–H and O–H groups in total. The molecule has 150 valence electrons. The molecule has 8 heteroatoms. The average molecular weight is 423 g/mol. The van der Waals surface area contributed by atoms with Crippen LogP contribution in [-0.2, 0) is 0 Å². The van der Waals surface area contributed by atoms with Gasteiger partial charge in [-0.2, -0.15) is 5.10 Å². The Hall–Kier alpha value is -1.96. The van der Waals surface area contributed by atoms with Crippen LogP contribution >= 0.6 is 23.7 Å². The van der Waals surface area contributed by atoms with Crippen molar-refractivity contribution in [1.82, 2.24) is 20.0 Å². The first-order valence-electron chi connectivity index (χ1n) is 9.26. The van der Waals surface area contributed by atoms with Gasteiger partial charge in [0, 0.05) is 18.5 Å². The molecule has 0 spiro atoms. The number of likely N-dealkylation sites (tertiary alicyclic amines) is 1. The van der Waals surface area contributed by atoms with Crippen LogP contribution in [0.2, 0.25) is 0 Å². The molecule has 0 aliphatic carbocycles. The van der Waals surface area contributed by atoms with E-state index < -0.39 is 0 Å². The van der Waals surface area contributed by atoms with Crippen LogP contribution in [0.4, 0.5) is 4.39 Å². The van der Waals surface area contributed by atoms with Gasteiger partial charge in [-0.15, -0.1) is 23.7 Å². The summed E-state index contributed by atoms with van der Waals surface area (Å²) in [5.41, 5.74) is 1.67. The quantitative estimate of drug-likeness (QED) is 0.690. The Kier molecular flexibility index (Phi) is 6.37. The molecule has 1 saturated heterocycles. The lowest BCUT2D eigenvalue weighted by Gasteiger charge is -2.32. The van der Waals surface area contributed by atoms with E-state index in [4.69, 9.17) is 0 Å². The van der Waals surface area contributed by atoms with Crippen LogP contribution in [0.1, 0.15) is 28.2 Å². The second kappa shape index (κ2) is 8.59. The van der Waals surface area contributed by atoms with Crippen molar-refractivity contribution in [3.05, 3.63) is 46.7 Å². The predicted octanol–water partition coefficient (Wildman–Crippen LogP) is 4.03. The van der Waals surface area contributed by atoms with Crippen LogP contribution in [0.5, 0.6) is 0 Å². The molecule has 0 saturated carbocycles. The number of aryl methyl sites for hydroxylation is 1. The van der Waals surface area contributed by atoms with E-state index in [0.29, 0.717) is 5.92 Å². The number of benzene rings is 1. The van der Waals surface area contributed by atoms with Gasteiger partial charge in [0.25, 0.3) is 5.91 Å². The van der Waals surface area contributed by atoms with Crippen LogP contribution in [0.15, 0.2) is 30.3 Å². The molecule has 2 aromatic heterocycles. The normalized spacial score (nSPS) is 17.0. The summed E-state index contributed by atoms with van der Waals surface area (Å²) in [5, 5.41) is 8.77. The largest absolute Gasteiger partial charge is 0.338 e. The zero-order valence-electron chi connectivity index (χ0n) is 15.9. The Morgan fingerprint density at radius 3 is 2.82 bits per heavy atom. The molecule has 28 heavy (non-hydrogen) atoms. The summed E-state index contributed by atoms with van der Waals surface area (Å²) in [7, 11) is 1.96. The van der Waals surface area contributed by atoms with Crippen LogP contribution in [0.3, 0.4) is 0 Å². The lowest BCUT2D eigenvalue weighted by Crippen LogP contribution is -2.42. The number of hydrogen-bond acceptors (Lipinski definition) is 4. The van der Waals surface area contributed by atoms with Crippen LogP contribution in [0.25, 0.3) is 15.9 Å². The van der Waals surface area contributed by atoms with Crippen LogP contribution in [-0.4, -0.2) is 47.3 Å². The number of aromatic nitrogens is 2. The number of fused-ring (bicyclic) bond motifs is 1. The number of carbonyl (C=O) groups excluding carboxylic acids is 1. The Balaban J connectivity index is 0.00000225. The van der Waals surface area contributed by atoms with Gasteiger partial charge in [-0.3, -0.25) is 4.79 Å². The van der Waals surface area contributed by atoms with Crippen molar-refractivity contribution in [1.29, 1.82) is 0 Å². The van der Waals surface area contributed by atoms with Crippen molar-refractivity contribution in [2.45, 2.75) is 19.8 Å². The molecule has 1 aliphatic rings. The SMILES string of the molecule is CNCC1CCCN(C(=O)c2cc3c(C)nn(-c4ccc(F)cc4)c3s2)C1.Cl. The third kappa shape index (κ3) is 3.92. The highest BCUT2D eigenvalue weighted by atomic mass is 35.5. The molecule has 4 rings (SSSR count). The number of hydrogen-bond donors (Lipinski definition) is 1. The van der Waals surface area contributed by atoms with Crippen molar-refractivity contribution in [3.63, 3.8) is 0 Å². The molecule has 0 radical (unpaired) electrons. The van der Waals surface area contributed by atoms with E-state index in [9.17, 15) is 9.18 Å². The Morgan fingerprint density at radius 2 is 2.11 bits per heavy atom. The Labute approximate surface area is 173 Å². The molecule has 1 fully saturated rings. The third-order valence-corrected chi connectivity index (χ3v) is 6.22. The van der Waals surface area contributed by atoms with Gasteiger partial charge in [0.05, 0.1) is 16.3 Å². The average Bonchev–Trinajstić information content (AvgIpc) is 3.23. The van der Waals surface area contributed by atoms with Gasteiger partial charge < -0.3 is 10.2 Å². The minimum absolute atomic E-state index is 0. The molecule has 5 nitrogen and oxygen atoms in total. The first-order valence-corrected chi connectivity index (χ1v) is 10.1. The zero-order chi connectivity index (χ0) is 19.0. The topological polar surface area (TPSA) is 50.2 Å². The lowest BCUT2D eigenvalue weighted by atomic mass is 9.98. The first-order chi connectivity index (χ1) is 13.1. The van der Waals surface area contributed by atoms with Gasteiger partial charge in [0.1, 0.15) is 10.6 Å². The van der Waals surface area contributed by atoms with Gasteiger partial charge in [-0.25, -0.2) is 9.07 Å². The fourth-order valence-electron chi connectivity index (χ4n) is 3.77. The monoisotopic (exact) mass is 422 g/mol. The summed E-state index contributed by atoms with van der Waals surface area (Å²) in [6.45, 7) is 4.50. The molecular formula is C20H24ClFN4OS. The molecular weight excluding hydrogens is 399 g/mol. The van der Waals surface area contributed by atoms with Crippen LogP contribution < -0.4 is 5.32 Å². The number of carbonyl (C=O) groups is 1. The summed E-state index contributed by atoms with van der Waals surface area (Å²) in [5.74, 6) is 0.336. The highest BCUT2D eigenvalue weighted by Gasteiger charge is 2.26. The number of nitrogens with zero attached hydrogens (tertiary/aromatic N) is 3. The fraction of sp³-hybridized carbons (Fsp3) is 0.400. The van der Waals surface area contributed by atoms with E-state index in [1.54, 1.807) is 16.8 Å². The Bertz CT molecular complexity index is 967. The molecule has 1 aromatic carbocycles. The highest BCUT2D eigenvalue weighted by Crippen LogP contribution is 2.32. The number of amides is 1. The molecule has 1 unspecified atom stereocenters. The highest BCUT2D eigenvalue weighted by molar-refractivity contribution is 7.20. The van der Waals surface area contributed by atoms with Gasteiger partial charge in [-0.1, -0.05) is 0 Å². The first kappa shape index (κ1) is 20.8. The number of nitrogens with one attached hydrogen (secondary N) is 1. The van der Waals surface area contributed by atoms with Crippen LogP contribution in [0, 0.1) is 18.7 Å². The summed E-state index contributed by atoms with van der Waals surface area (Å²) in [4.78, 5) is 16.7. The minimum Gasteiger partial charge on any atom is -0.338 e. The van der Waals surface area contributed by atoms with Crippen molar-refractivity contribution < 1.29 is 9.18 Å². The van der Waals surface area contributed by atoms with Crippen molar-refractivity contribution in [2.24, 2.45) is 5.92 Å². The number of thiophene rings is 1. The summed E-state index contributed by atoms with van der Waals surface area (Å²) >= 11 is 1.46. The van der Waals surface area contributed by atoms with Crippen molar-refractivity contribution in [2.75, 3.05) is 26.7 Å². The third-order valence-electron chi connectivity index (χ3n) is 5.13. The number of halogens is 2. The van der Waals surface area contributed by atoms with Gasteiger partial charge in [0.15, 0.2) is 0 Å². The molecule has 3 heterocycles. The zero-order valence-corrected chi connectivity index (χ0v) is 17.6. The van der Waals surface area contributed by atoms with Crippen molar-refractivity contribution in [3.8, 4) is 5.69 Å². The minimum atomic E-state index is -0.276. The number of rotatable bonds is 4. The van der Waals surface area contributed by atoms with E-state index >= 15 is 0 Å². The second-order valence-corrected chi connectivity index (χ2v) is 8.15. The maximum absolute atomic E-state index is 13.2. The molecule has 3 aromatic rings. The molecule has 1 amide bonds. The Morgan fingerprint density at radius 1 is 1.36 bits per heavy atom. The summed E-state index contributed by atoms with van der Waals surface area (Å²) in [6, 6.07) is 8.21. The number of piperidine rings is 1. The summed E-state index contributed by atoms with van der Waals surface area (Å²) in [6.07, 6.45) is 2.21. The van der Waals surface area contributed by atoms with E-state index in [-0.39, 0.29) is 24.1 Å². The second-order valence-electron chi connectivity index (χ2n) is 7.12. The van der Waals surface area contributed by atoms with E-state index in [1.165, 1.54) is 23.5 Å². The molecule has 0 bridgehead atoms.